The van der Waals surface area contributed by atoms with Crippen molar-refractivity contribution in [1.29, 1.82) is 0 Å². The zero-order chi connectivity index (χ0) is 13.1. The van der Waals surface area contributed by atoms with Gasteiger partial charge < -0.3 is 10.6 Å². The van der Waals surface area contributed by atoms with Crippen molar-refractivity contribution in [1.82, 2.24) is 9.88 Å². The second-order valence-electron chi connectivity index (χ2n) is 6.22. The molecular weight excluding hydrogens is 234 g/mol. The first-order valence-corrected chi connectivity index (χ1v) is 7.71. The Morgan fingerprint density at radius 3 is 2.32 bits per heavy atom. The molecule has 1 aliphatic carbocycles. The fourth-order valence-corrected chi connectivity index (χ4v) is 3.74. The molecule has 0 bridgehead atoms. The number of aromatic nitrogens is 1. The van der Waals surface area contributed by atoms with Gasteiger partial charge in [-0.05, 0) is 69.3 Å². The number of nitrogens with two attached hydrogens (primary N) is 1. The predicted molar refractivity (Wildman–Crippen MR) is 77.8 cm³/mol. The lowest BCUT2D eigenvalue weighted by molar-refractivity contribution is 0.105. The van der Waals surface area contributed by atoms with Crippen LogP contribution in [0.25, 0.3) is 0 Å². The summed E-state index contributed by atoms with van der Waals surface area (Å²) in [5.41, 5.74) is 7.77. The van der Waals surface area contributed by atoms with E-state index >= 15 is 0 Å². The quantitative estimate of drug-likeness (QED) is 0.888. The molecule has 0 spiro atoms. The molecule has 1 aliphatic heterocycles. The van der Waals surface area contributed by atoms with Crippen molar-refractivity contribution < 1.29 is 0 Å². The number of hydrogen-bond donors (Lipinski definition) is 1. The first-order valence-electron chi connectivity index (χ1n) is 7.71. The third-order valence-corrected chi connectivity index (χ3v) is 5.01. The molecule has 0 aromatic carbocycles. The largest absolute Gasteiger partial charge is 0.321 e. The molecule has 0 unspecified atom stereocenters. The summed E-state index contributed by atoms with van der Waals surface area (Å²) in [5.74, 6) is 0. The van der Waals surface area contributed by atoms with Crippen LogP contribution in [0.15, 0.2) is 24.5 Å². The van der Waals surface area contributed by atoms with Crippen molar-refractivity contribution >= 4 is 0 Å². The average molecular weight is 259 g/mol. The molecule has 3 heteroatoms. The molecular formula is C16H25N3. The minimum absolute atomic E-state index is 0.116. The lowest BCUT2D eigenvalue weighted by Gasteiger charge is -2.43. The lowest BCUT2D eigenvalue weighted by Crippen LogP contribution is -2.47. The van der Waals surface area contributed by atoms with Crippen LogP contribution in [0.1, 0.15) is 50.5 Å². The summed E-state index contributed by atoms with van der Waals surface area (Å²) in [4.78, 5) is 6.80. The average Bonchev–Trinajstić information content (AvgIpc) is 2.50. The van der Waals surface area contributed by atoms with Crippen LogP contribution in [0.2, 0.25) is 0 Å². The summed E-state index contributed by atoms with van der Waals surface area (Å²) in [6.07, 6.45) is 12.6. The topological polar surface area (TPSA) is 42.1 Å². The number of pyridine rings is 1. The Balaban J connectivity index is 1.62. The molecule has 2 N–H and O–H groups in total. The van der Waals surface area contributed by atoms with Crippen LogP contribution in [-0.2, 0) is 5.54 Å². The van der Waals surface area contributed by atoms with Crippen molar-refractivity contribution in [2.45, 2.75) is 56.5 Å². The number of likely N-dealkylation sites (tertiary alicyclic amines) is 1. The molecule has 3 rings (SSSR count). The highest BCUT2D eigenvalue weighted by atomic mass is 15.2. The van der Waals surface area contributed by atoms with Crippen LogP contribution < -0.4 is 5.73 Å². The summed E-state index contributed by atoms with van der Waals surface area (Å²) in [6, 6.07) is 4.95. The van der Waals surface area contributed by atoms with E-state index in [0.29, 0.717) is 0 Å². The highest BCUT2D eigenvalue weighted by Gasteiger charge is 2.35. The van der Waals surface area contributed by atoms with Gasteiger partial charge in [-0.2, -0.15) is 0 Å². The highest BCUT2D eigenvalue weighted by molar-refractivity contribution is 5.22. The normalized spacial score (nSPS) is 33.2. The first-order chi connectivity index (χ1) is 9.28. The molecule has 2 fully saturated rings. The molecule has 2 aliphatic rings. The van der Waals surface area contributed by atoms with Gasteiger partial charge in [0.05, 0.1) is 0 Å². The maximum absolute atomic E-state index is 6.63. The fourth-order valence-electron chi connectivity index (χ4n) is 3.74. The highest BCUT2D eigenvalue weighted by Crippen LogP contribution is 2.36. The molecule has 104 valence electrons. The van der Waals surface area contributed by atoms with Crippen LogP contribution in [0.3, 0.4) is 0 Å². The molecule has 0 amide bonds. The van der Waals surface area contributed by atoms with E-state index in [4.69, 9.17) is 5.73 Å². The molecule has 1 saturated carbocycles. The van der Waals surface area contributed by atoms with Crippen molar-refractivity contribution in [3.63, 3.8) is 0 Å². The molecule has 19 heavy (non-hydrogen) atoms. The van der Waals surface area contributed by atoms with Gasteiger partial charge in [-0.15, -0.1) is 0 Å². The van der Waals surface area contributed by atoms with Gasteiger partial charge in [0.1, 0.15) is 0 Å². The Labute approximate surface area is 116 Å². The van der Waals surface area contributed by atoms with Gasteiger partial charge in [-0.1, -0.05) is 6.42 Å². The Hall–Kier alpha value is -0.930. The second kappa shape index (κ2) is 5.59. The van der Waals surface area contributed by atoms with Crippen molar-refractivity contribution in [2.24, 2.45) is 5.73 Å². The third kappa shape index (κ3) is 2.82. The van der Waals surface area contributed by atoms with Crippen LogP contribution >= 0.6 is 0 Å². The van der Waals surface area contributed by atoms with Crippen LogP contribution in [0, 0.1) is 0 Å². The second-order valence-corrected chi connectivity index (χ2v) is 6.22. The first kappa shape index (κ1) is 13.1. The molecule has 0 radical (unpaired) electrons. The van der Waals surface area contributed by atoms with Gasteiger partial charge >= 0.3 is 0 Å². The molecule has 0 atom stereocenters. The maximum atomic E-state index is 6.63. The van der Waals surface area contributed by atoms with Gasteiger partial charge in [0.15, 0.2) is 0 Å². The number of hydrogen-bond acceptors (Lipinski definition) is 3. The number of piperidine rings is 1. The van der Waals surface area contributed by atoms with E-state index in [1.165, 1.54) is 50.8 Å². The Kier molecular flexibility index (Phi) is 3.85. The van der Waals surface area contributed by atoms with E-state index in [0.717, 1.165) is 18.9 Å². The molecule has 1 saturated heterocycles. The number of nitrogens with zero attached hydrogens (tertiary/aromatic N) is 2. The van der Waals surface area contributed by atoms with E-state index in [1.54, 1.807) is 0 Å². The minimum atomic E-state index is -0.116. The van der Waals surface area contributed by atoms with E-state index in [9.17, 15) is 0 Å². The van der Waals surface area contributed by atoms with Gasteiger partial charge in [-0.25, -0.2) is 0 Å². The molecule has 3 nitrogen and oxygen atoms in total. The van der Waals surface area contributed by atoms with Gasteiger partial charge in [0, 0.05) is 24.0 Å². The predicted octanol–water partition coefficient (Wildman–Crippen LogP) is 2.66. The Bertz CT molecular complexity index is 390. The number of rotatable bonds is 2. The van der Waals surface area contributed by atoms with Crippen LogP contribution in [0.5, 0.6) is 0 Å². The monoisotopic (exact) mass is 259 g/mol. The summed E-state index contributed by atoms with van der Waals surface area (Å²) >= 11 is 0. The van der Waals surface area contributed by atoms with Crippen molar-refractivity contribution in [3.05, 3.63) is 30.1 Å². The Morgan fingerprint density at radius 1 is 1.05 bits per heavy atom. The summed E-state index contributed by atoms with van der Waals surface area (Å²) in [7, 11) is 0. The van der Waals surface area contributed by atoms with E-state index < -0.39 is 0 Å². The van der Waals surface area contributed by atoms with E-state index in [2.05, 4.69) is 22.0 Å². The van der Waals surface area contributed by atoms with E-state index in [1.807, 2.05) is 12.4 Å². The maximum Gasteiger partial charge on any atom is 0.0411 e. The molecule has 1 aromatic rings. The summed E-state index contributed by atoms with van der Waals surface area (Å²) < 4.78 is 0. The molecule has 1 aromatic heterocycles. The van der Waals surface area contributed by atoms with E-state index in [-0.39, 0.29) is 5.54 Å². The molecule has 2 heterocycles. The van der Waals surface area contributed by atoms with Gasteiger partial charge in [0.25, 0.3) is 0 Å². The summed E-state index contributed by atoms with van der Waals surface area (Å²) in [6.45, 7) is 2.61. The lowest BCUT2D eigenvalue weighted by atomic mass is 9.75. The third-order valence-electron chi connectivity index (χ3n) is 5.01. The van der Waals surface area contributed by atoms with Crippen molar-refractivity contribution in [3.8, 4) is 0 Å². The van der Waals surface area contributed by atoms with Crippen LogP contribution in [-0.4, -0.2) is 29.0 Å². The fraction of sp³-hybridized carbons (Fsp3) is 0.688. The van der Waals surface area contributed by atoms with Gasteiger partial charge in [-0.3, -0.25) is 4.98 Å². The zero-order valence-electron chi connectivity index (χ0n) is 11.7. The smallest absolute Gasteiger partial charge is 0.0411 e. The standard InChI is InChI=1S/C16H25N3/c17-16(14-6-10-18-11-7-14)8-4-15(5-9-16)19-12-2-1-3-13-19/h6-7,10-11,15H,1-5,8-9,12-13,17H2. The van der Waals surface area contributed by atoms with Crippen LogP contribution in [0.4, 0.5) is 0 Å². The Morgan fingerprint density at radius 2 is 1.68 bits per heavy atom. The summed E-state index contributed by atoms with van der Waals surface area (Å²) in [5, 5.41) is 0. The SMILES string of the molecule is NC1(c2ccncc2)CCC(N2CCCCC2)CC1. The minimum Gasteiger partial charge on any atom is -0.321 e. The van der Waals surface area contributed by atoms with Crippen molar-refractivity contribution in [2.75, 3.05) is 13.1 Å². The zero-order valence-corrected chi connectivity index (χ0v) is 11.7. The van der Waals surface area contributed by atoms with Gasteiger partial charge in [0.2, 0.25) is 0 Å².